The fourth-order valence-corrected chi connectivity index (χ4v) is 1.34. The van der Waals surface area contributed by atoms with Crippen molar-refractivity contribution in [1.82, 2.24) is 0 Å². The monoisotopic (exact) mass is 243 g/mol. The van der Waals surface area contributed by atoms with Crippen molar-refractivity contribution in [1.29, 1.82) is 0 Å². The summed E-state index contributed by atoms with van der Waals surface area (Å²) in [6.45, 7) is 17.1. The zero-order chi connectivity index (χ0) is 13.4. The number of unbranched alkanes of at least 4 members (excludes halogenated alkanes) is 2. The van der Waals surface area contributed by atoms with Crippen LogP contribution in [-0.4, -0.2) is 25.4 Å². The summed E-state index contributed by atoms with van der Waals surface area (Å²) in [4.78, 5) is 0. The van der Waals surface area contributed by atoms with Crippen molar-refractivity contribution >= 4 is 0 Å². The molecule has 17 heavy (non-hydrogen) atoms. The SMILES string of the molecule is [CH2]C(C)(CCOCCCCC)COC(C)(C)C. The zero-order valence-corrected chi connectivity index (χ0v) is 12.5. The molecule has 0 aromatic carbocycles. The van der Waals surface area contributed by atoms with Gasteiger partial charge in [-0.05, 0) is 46.0 Å². The predicted octanol–water partition coefficient (Wildman–Crippen LogP) is 4.24. The first kappa shape index (κ1) is 16.9. The summed E-state index contributed by atoms with van der Waals surface area (Å²) in [5, 5.41) is 0. The molecule has 0 aliphatic heterocycles. The van der Waals surface area contributed by atoms with Crippen molar-refractivity contribution in [2.75, 3.05) is 19.8 Å². The molecule has 0 fully saturated rings. The normalized spacial score (nSPS) is 13.1. The van der Waals surface area contributed by atoms with Gasteiger partial charge in [0.1, 0.15) is 0 Å². The molecular weight excluding hydrogens is 212 g/mol. The second kappa shape index (κ2) is 8.10. The molecule has 1 unspecified atom stereocenters. The van der Waals surface area contributed by atoms with Crippen LogP contribution >= 0.6 is 0 Å². The average molecular weight is 243 g/mol. The fourth-order valence-electron chi connectivity index (χ4n) is 1.34. The minimum atomic E-state index is -0.0824. The average Bonchev–Trinajstić information content (AvgIpc) is 2.20. The van der Waals surface area contributed by atoms with Crippen LogP contribution in [0.25, 0.3) is 0 Å². The lowest BCUT2D eigenvalue weighted by molar-refractivity contribution is -0.0436. The van der Waals surface area contributed by atoms with Crippen molar-refractivity contribution in [2.45, 2.75) is 65.9 Å². The van der Waals surface area contributed by atoms with Crippen molar-refractivity contribution in [3.8, 4) is 0 Å². The van der Waals surface area contributed by atoms with Crippen molar-refractivity contribution in [2.24, 2.45) is 5.41 Å². The Kier molecular flexibility index (Phi) is 8.06. The maximum atomic E-state index is 5.77. The summed E-state index contributed by atoms with van der Waals surface area (Å²) in [5.41, 5.74) is -0.126. The zero-order valence-electron chi connectivity index (χ0n) is 12.5. The minimum Gasteiger partial charge on any atom is -0.381 e. The molecule has 0 spiro atoms. The molecule has 0 aromatic rings. The number of hydrogen-bond acceptors (Lipinski definition) is 2. The van der Waals surface area contributed by atoms with E-state index in [0.717, 1.165) is 19.6 Å². The quantitative estimate of drug-likeness (QED) is 0.564. The van der Waals surface area contributed by atoms with Gasteiger partial charge in [-0.2, -0.15) is 0 Å². The smallest absolute Gasteiger partial charge is 0.0598 e. The van der Waals surface area contributed by atoms with E-state index in [0.29, 0.717) is 6.61 Å². The van der Waals surface area contributed by atoms with E-state index in [-0.39, 0.29) is 11.0 Å². The van der Waals surface area contributed by atoms with E-state index in [1.807, 2.05) is 0 Å². The van der Waals surface area contributed by atoms with Gasteiger partial charge in [0.25, 0.3) is 0 Å². The largest absolute Gasteiger partial charge is 0.381 e. The Morgan fingerprint density at radius 2 is 1.65 bits per heavy atom. The fraction of sp³-hybridized carbons (Fsp3) is 0.933. The molecule has 0 heterocycles. The first-order valence-corrected chi connectivity index (χ1v) is 6.84. The third-order valence-electron chi connectivity index (χ3n) is 2.60. The van der Waals surface area contributed by atoms with Crippen LogP contribution in [0.3, 0.4) is 0 Å². The molecule has 0 N–H and O–H groups in total. The summed E-state index contributed by atoms with van der Waals surface area (Å²) in [6, 6.07) is 0. The Bertz CT molecular complexity index is 180. The number of hydrogen-bond donors (Lipinski definition) is 0. The van der Waals surface area contributed by atoms with Crippen molar-refractivity contribution in [3.63, 3.8) is 0 Å². The van der Waals surface area contributed by atoms with E-state index in [9.17, 15) is 0 Å². The van der Waals surface area contributed by atoms with Gasteiger partial charge in [0.2, 0.25) is 0 Å². The molecule has 0 aromatic heterocycles. The molecule has 1 atom stereocenters. The second-order valence-electron chi connectivity index (χ2n) is 6.28. The van der Waals surface area contributed by atoms with Crippen LogP contribution in [0.15, 0.2) is 0 Å². The highest BCUT2D eigenvalue weighted by Gasteiger charge is 2.21. The minimum absolute atomic E-state index is 0.0436. The molecule has 1 radical (unpaired) electrons. The van der Waals surface area contributed by atoms with Crippen molar-refractivity contribution < 1.29 is 9.47 Å². The van der Waals surface area contributed by atoms with Crippen LogP contribution in [0.1, 0.15) is 60.3 Å². The molecule has 0 bridgehead atoms. The molecule has 0 aliphatic carbocycles. The molecule has 2 heteroatoms. The molecule has 0 rings (SSSR count). The molecule has 0 saturated carbocycles. The Balaban J connectivity index is 3.57. The third kappa shape index (κ3) is 12.2. The van der Waals surface area contributed by atoms with Gasteiger partial charge in [0.05, 0.1) is 12.2 Å². The highest BCUT2D eigenvalue weighted by Crippen LogP contribution is 2.23. The summed E-state index contributed by atoms with van der Waals surface area (Å²) >= 11 is 0. The lowest BCUT2D eigenvalue weighted by Crippen LogP contribution is -2.29. The van der Waals surface area contributed by atoms with E-state index in [4.69, 9.17) is 9.47 Å². The van der Waals surface area contributed by atoms with Gasteiger partial charge < -0.3 is 9.47 Å². The van der Waals surface area contributed by atoms with E-state index in [2.05, 4.69) is 41.5 Å². The van der Waals surface area contributed by atoms with Gasteiger partial charge in [-0.15, -0.1) is 0 Å². The van der Waals surface area contributed by atoms with E-state index < -0.39 is 0 Å². The highest BCUT2D eigenvalue weighted by atomic mass is 16.5. The Labute approximate surface area is 108 Å². The summed E-state index contributed by atoms with van der Waals surface area (Å²) < 4.78 is 11.4. The van der Waals surface area contributed by atoms with Crippen LogP contribution in [-0.2, 0) is 9.47 Å². The highest BCUT2D eigenvalue weighted by molar-refractivity contribution is 4.77. The van der Waals surface area contributed by atoms with Crippen LogP contribution in [0, 0.1) is 12.3 Å². The molecule has 2 nitrogen and oxygen atoms in total. The molecule has 0 saturated heterocycles. The van der Waals surface area contributed by atoms with E-state index in [1.165, 1.54) is 19.3 Å². The Hall–Kier alpha value is -0.0800. The van der Waals surface area contributed by atoms with Gasteiger partial charge in [-0.1, -0.05) is 26.7 Å². The van der Waals surface area contributed by atoms with Crippen LogP contribution in [0.5, 0.6) is 0 Å². The standard InChI is InChI=1S/C15H31O2/c1-7-8-9-11-16-12-10-15(5,6)13-17-14(2,3)4/h5,7-13H2,1-4,6H3. The Morgan fingerprint density at radius 1 is 1.00 bits per heavy atom. The van der Waals surface area contributed by atoms with Crippen LogP contribution < -0.4 is 0 Å². The first-order chi connectivity index (χ1) is 7.77. The molecule has 0 amide bonds. The van der Waals surface area contributed by atoms with E-state index >= 15 is 0 Å². The molecule has 103 valence electrons. The number of ether oxygens (including phenoxy) is 2. The van der Waals surface area contributed by atoms with Crippen LogP contribution in [0.2, 0.25) is 0 Å². The van der Waals surface area contributed by atoms with Gasteiger partial charge in [0, 0.05) is 13.2 Å². The van der Waals surface area contributed by atoms with E-state index in [1.54, 1.807) is 0 Å². The summed E-state index contributed by atoms with van der Waals surface area (Å²) in [7, 11) is 0. The number of rotatable bonds is 9. The molecular formula is C15H31O2. The van der Waals surface area contributed by atoms with Gasteiger partial charge >= 0.3 is 0 Å². The maximum absolute atomic E-state index is 5.77. The van der Waals surface area contributed by atoms with Crippen LogP contribution in [0.4, 0.5) is 0 Å². The summed E-state index contributed by atoms with van der Waals surface area (Å²) in [6.07, 6.45) is 4.63. The topological polar surface area (TPSA) is 18.5 Å². The summed E-state index contributed by atoms with van der Waals surface area (Å²) in [5.74, 6) is 0. The maximum Gasteiger partial charge on any atom is 0.0598 e. The molecule has 0 aliphatic rings. The lowest BCUT2D eigenvalue weighted by atomic mass is 9.90. The van der Waals surface area contributed by atoms with Gasteiger partial charge in [-0.25, -0.2) is 0 Å². The second-order valence-corrected chi connectivity index (χ2v) is 6.28. The van der Waals surface area contributed by atoms with Gasteiger partial charge in [-0.3, -0.25) is 0 Å². The predicted molar refractivity (Wildman–Crippen MR) is 74.1 cm³/mol. The first-order valence-electron chi connectivity index (χ1n) is 6.84. The lowest BCUT2D eigenvalue weighted by Gasteiger charge is -2.29. The van der Waals surface area contributed by atoms with Crippen molar-refractivity contribution in [3.05, 3.63) is 6.92 Å². The Morgan fingerprint density at radius 3 is 2.18 bits per heavy atom. The third-order valence-corrected chi connectivity index (χ3v) is 2.60. The van der Waals surface area contributed by atoms with Gasteiger partial charge in [0.15, 0.2) is 0 Å².